The zero-order valence-corrected chi connectivity index (χ0v) is 31.8. The lowest BCUT2D eigenvalue weighted by atomic mass is 9.85. The van der Waals surface area contributed by atoms with Gasteiger partial charge in [-0.25, -0.2) is 14.4 Å². The van der Waals surface area contributed by atoms with Crippen LogP contribution < -0.4 is 15.4 Å². The van der Waals surface area contributed by atoms with Gasteiger partial charge in [-0.15, -0.1) is 0 Å². The number of aryl methyl sites for hydroxylation is 1. The first-order valence-electron chi connectivity index (χ1n) is 18.9. The van der Waals surface area contributed by atoms with Crippen LogP contribution in [0.15, 0.2) is 54.9 Å². The molecule has 1 aliphatic carbocycles. The summed E-state index contributed by atoms with van der Waals surface area (Å²) in [6.45, 7) is 7.43. The number of carbonyl (C=O) groups is 3. The highest BCUT2D eigenvalue weighted by Gasteiger charge is 2.32. The normalized spacial score (nSPS) is 18.5. The first kappa shape index (κ1) is 41.3. The smallest absolute Gasteiger partial charge is 0.433 e. The number of nitrogens with zero attached hydrogens (tertiary/aromatic N) is 4. The molecule has 1 aromatic carbocycles. The molecule has 1 atom stereocenters. The van der Waals surface area contributed by atoms with Crippen LogP contribution in [0.5, 0.6) is 5.75 Å². The number of imide groups is 1. The number of alkyl halides is 3. The Morgan fingerprint density at radius 1 is 0.945 bits per heavy atom. The molecule has 0 bridgehead atoms. The number of rotatable bonds is 7. The molecule has 4 aromatic rings. The predicted molar refractivity (Wildman–Crippen MR) is 201 cm³/mol. The van der Waals surface area contributed by atoms with E-state index < -0.39 is 17.8 Å². The van der Waals surface area contributed by atoms with Gasteiger partial charge in [0.1, 0.15) is 28.6 Å². The van der Waals surface area contributed by atoms with Crippen molar-refractivity contribution in [3.05, 3.63) is 88.9 Å². The lowest BCUT2D eigenvalue weighted by molar-refractivity contribution is -0.141. The number of pyridine rings is 2. The third-order valence-electron chi connectivity index (χ3n) is 10.2. The van der Waals surface area contributed by atoms with Crippen LogP contribution in [0.25, 0.3) is 5.65 Å². The van der Waals surface area contributed by atoms with Crippen LogP contribution in [-0.4, -0.2) is 63.7 Å². The fourth-order valence-corrected chi connectivity index (χ4v) is 7.28. The van der Waals surface area contributed by atoms with Crippen molar-refractivity contribution in [2.24, 2.45) is 0 Å². The molecule has 0 radical (unpaired) electrons. The van der Waals surface area contributed by atoms with Gasteiger partial charge in [0.15, 0.2) is 0 Å². The predicted octanol–water partition coefficient (Wildman–Crippen LogP) is 8.30. The maximum absolute atomic E-state index is 14.5. The minimum absolute atomic E-state index is 0.0439. The number of imidazole rings is 1. The molecular formula is C41H50F4N6O4. The van der Waals surface area contributed by atoms with Crippen LogP contribution in [0.3, 0.4) is 0 Å². The van der Waals surface area contributed by atoms with Gasteiger partial charge < -0.3 is 19.4 Å². The standard InChI is InChI=1S/C17H21FN2O2.C17H23N3O2.C7H6F3N/c1-20-8-6-11(7-9-20)13-3-2-12(10-15(13)18)14-4-5-16(21)19-17(14)22;1-12(2)22-16-8-17-19-14(13-6-4-3-5-7-13)9-20(17)10-15(16)18-11-21;1-5-3-2-4-6(11-5)7(8,9)10/h2-3,10-11,14H,4-9H2,1H3,(H,19,21,22);8-13H,3-7H2,1-2H3,(H,18,21);2-4H,1H3. The van der Waals surface area contributed by atoms with E-state index in [-0.39, 0.29) is 29.7 Å². The zero-order chi connectivity index (χ0) is 39.7. The van der Waals surface area contributed by atoms with Crippen LogP contribution in [0.4, 0.5) is 23.2 Å². The van der Waals surface area contributed by atoms with Crippen LogP contribution >= 0.6 is 0 Å². The van der Waals surface area contributed by atoms with Gasteiger partial charge in [0, 0.05) is 36.5 Å². The second-order valence-corrected chi connectivity index (χ2v) is 14.8. The Hall–Kier alpha value is -4.85. The number of amides is 3. The molecule has 2 saturated heterocycles. The summed E-state index contributed by atoms with van der Waals surface area (Å²) in [6, 6.07) is 10.9. The van der Waals surface area contributed by atoms with Crippen molar-refractivity contribution in [1.29, 1.82) is 0 Å². The summed E-state index contributed by atoms with van der Waals surface area (Å²) < 4.78 is 58.0. The largest absolute Gasteiger partial charge is 0.489 e. The van der Waals surface area contributed by atoms with Crippen molar-refractivity contribution in [3.8, 4) is 5.75 Å². The number of carbonyl (C=O) groups excluding carboxylic acids is 3. The maximum atomic E-state index is 14.5. The monoisotopic (exact) mass is 766 g/mol. The summed E-state index contributed by atoms with van der Waals surface area (Å²) in [5, 5.41) is 5.03. The van der Waals surface area contributed by atoms with Crippen LogP contribution in [-0.2, 0) is 20.6 Å². The number of ether oxygens (including phenoxy) is 1. The Kier molecular flexibility index (Phi) is 14.0. The van der Waals surface area contributed by atoms with E-state index in [1.165, 1.54) is 57.2 Å². The SMILES string of the molecule is CC(C)Oc1cc2nc(C3CCCCC3)cn2cc1NC=O.CN1CCC(c2ccc(C3CCC(=O)NC3=O)cc2F)CC1.Cc1cccc(C(F)(F)F)n1. The lowest BCUT2D eigenvalue weighted by Crippen LogP contribution is -2.39. The number of piperidine rings is 2. The van der Waals surface area contributed by atoms with E-state index in [1.807, 2.05) is 42.6 Å². The molecule has 3 fully saturated rings. The molecule has 0 spiro atoms. The number of fused-ring (bicyclic) bond motifs is 1. The Labute approximate surface area is 319 Å². The van der Waals surface area contributed by atoms with Crippen molar-refractivity contribution in [3.63, 3.8) is 0 Å². The van der Waals surface area contributed by atoms with Gasteiger partial charge in [-0.2, -0.15) is 13.2 Å². The van der Waals surface area contributed by atoms with Gasteiger partial charge in [-0.05, 0) is 108 Å². The van der Waals surface area contributed by atoms with Crippen LogP contribution in [0.1, 0.15) is 118 Å². The van der Waals surface area contributed by atoms with Gasteiger partial charge >= 0.3 is 6.18 Å². The highest BCUT2D eigenvalue weighted by Crippen LogP contribution is 2.35. The highest BCUT2D eigenvalue weighted by atomic mass is 19.4. The molecule has 5 heterocycles. The molecule has 296 valence electrons. The molecule has 14 heteroatoms. The number of halogens is 4. The zero-order valence-electron chi connectivity index (χ0n) is 31.8. The van der Waals surface area contributed by atoms with E-state index in [0.29, 0.717) is 47.9 Å². The maximum Gasteiger partial charge on any atom is 0.433 e. The minimum atomic E-state index is -4.33. The Balaban J connectivity index is 0.000000168. The Bertz CT molecular complexity index is 1930. The highest BCUT2D eigenvalue weighted by molar-refractivity contribution is 6.00. The third-order valence-corrected chi connectivity index (χ3v) is 10.2. The molecule has 3 aliphatic rings. The van der Waals surface area contributed by atoms with Gasteiger partial charge in [0.2, 0.25) is 18.2 Å². The van der Waals surface area contributed by atoms with E-state index in [1.54, 1.807) is 0 Å². The van der Waals surface area contributed by atoms with Crippen LogP contribution in [0, 0.1) is 12.7 Å². The Morgan fingerprint density at radius 3 is 2.27 bits per heavy atom. The summed E-state index contributed by atoms with van der Waals surface area (Å²) in [7, 11) is 2.08. The van der Waals surface area contributed by atoms with Crippen LogP contribution in [0.2, 0.25) is 0 Å². The van der Waals surface area contributed by atoms with Crippen molar-refractivity contribution in [2.45, 2.75) is 109 Å². The van der Waals surface area contributed by atoms with Crippen molar-refractivity contribution >= 4 is 29.6 Å². The summed E-state index contributed by atoms with van der Waals surface area (Å²) >= 11 is 0. The molecule has 1 saturated carbocycles. The topological polar surface area (TPSA) is 118 Å². The number of hydrogen-bond donors (Lipinski definition) is 2. The van der Waals surface area contributed by atoms with Gasteiger partial charge in [0.25, 0.3) is 0 Å². The summed E-state index contributed by atoms with van der Waals surface area (Å²) in [5.41, 5.74) is 3.65. The van der Waals surface area contributed by atoms with E-state index >= 15 is 0 Å². The first-order chi connectivity index (χ1) is 26.2. The second kappa shape index (κ2) is 18.7. The molecule has 2 N–H and O–H groups in total. The molecule has 2 aliphatic heterocycles. The average molecular weight is 767 g/mol. The van der Waals surface area contributed by atoms with Gasteiger partial charge in [0.05, 0.1) is 17.7 Å². The fourth-order valence-electron chi connectivity index (χ4n) is 7.28. The molecule has 55 heavy (non-hydrogen) atoms. The summed E-state index contributed by atoms with van der Waals surface area (Å²) in [4.78, 5) is 44.2. The fraction of sp³-hybridized carbons (Fsp3) is 0.488. The number of likely N-dealkylation sites (tertiary alicyclic amines) is 1. The van der Waals surface area contributed by atoms with Crippen molar-refractivity contribution < 1.29 is 36.7 Å². The first-order valence-corrected chi connectivity index (χ1v) is 18.9. The Morgan fingerprint density at radius 2 is 1.67 bits per heavy atom. The van der Waals surface area contributed by atoms with Crippen molar-refractivity contribution in [1.82, 2.24) is 24.6 Å². The van der Waals surface area contributed by atoms with E-state index in [0.717, 1.165) is 48.9 Å². The molecule has 10 nitrogen and oxygen atoms in total. The molecule has 3 aromatic heterocycles. The molecule has 1 unspecified atom stereocenters. The number of nitrogens with one attached hydrogen (secondary N) is 2. The van der Waals surface area contributed by atoms with Crippen molar-refractivity contribution in [2.75, 3.05) is 25.5 Å². The lowest BCUT2D eigenvalue weighted by Gasteiger charge is -2.29. The number of aromatic nitrogens is 3. The number of hydrogen-bond acceptors (Lipinski definition) is 7. The van der Waals surface area contributed by atoms with E-state index in [2.05, 4.69) is 33.8 Å². The summed E-state index contributed by atoms with van der Waals surface area (Å²) in [6.07, 6.45) is 9.41. The molecular weight excluding hydrogens is 716 g/mol. The molecule has 3 amide bonds. The second-order valence-electron chi connectivity index (χ2n) is 14.8. The average Bonchev–Trinajstić information content (AvgIpc) is 3.56. The quantitative estimate of drug-likeness (QED) is 0.110. The van der Waals surface area contributed by atoms with E-state index in [4.69, 9.17) is 9.72 Å². The van der Waals surface area contributed by atoms with Gasteiger partial charge in [-0.1, -0.05) is 37.5 Å². The third kappa shape index (κ3) is 11.3. The molecule has 7 rings (SSSR count). The minimum Gasteiger partial charge on any atom is -0.489 e. The van der Waals surface area contributed by atoms with E-state index in [9.17, 15) is 31.9 Å². The summed E-state index contributed by atoms with van der Waals surface area (Å²) in [5.74, 6) is 0.274. The number of benzene rings is 1. The number of anilines is 1. The van der Waals surface area contributed by atoms with Gasteiger partial charge in [-0.3, -0.25) is 19.7 Å².